The van der Waals surface area contributed by atoms with Gasteiger partial charge in [0.15, 0.2) is 0 Å². The van der Waals surface area contributed by atoms with Crippen LogP contribution in [0.4, 0.5) is 10.1 Å². The fraction of sp³-hybridized carbons (Fsp3) is 0.222. The second-order valence-electron chi connectivity index (χ2n) is 5.74. The number of hydrogen-bond acceptors (Lipinski definition) is 2. The number of carbonyl (C=O) groups excluding carboxylic acids is 2. The monoisotopic (exact) mass is 348 g/mol. The van der Waals surface area contributed by atoms with Crippen molar-refractivity contribution in [2.45, 2.75) is 26.8 Å². The Morgan fingerprint density at radius 2 is 1.79 bits per heavy atom. The Balaban J connectivity index is 2.20. The summed E-state index contributed by atoms with van der Waals surface area (Å²) >= 11 is 5.80. The fourth-order valence-corrected chi connectivity index (χ4v) is 2.32. The van der Waals surface area contributed by atoms with Crippen molar-refractivity contribution in [3.63, 3.8) is 0 Å². The van der Waals surface area contributed by atoms with Gasteiger partial charge in [0.05, 0.1) is 5.56 Å². The number of carbonyl (C=O) groups is 2. The SMILES string of the molecule is Cc1cc(C(=O)NC(C)C)ccc1NC(=O)c1cc(Cl)ccc1F. The lowest BCUT2D eigenvalue weighted by atomic mass is 10.1. The largest absolute Gasteiger partial charge is 0.350 e. The van der Waals surface area contributed by atoms with Gasteiger partial charge in [-0.1, -0.05) is 11.6 Å². The van der Waals surface area contributed by atoms with Gasteiger partial charge in [-0.2, -0.15) is 0 Å². The van der Waals surface area contributed by atoms with E-state index in [1.807, 2.05) is 13.8 Å². The average Bonchev–Trinajstić information content (AvgIpc) is 2.50. The first kappa shape index (κ1) is 17.9. The third kappa shape index (κ3) is 4.32. The normalized spacial score (nSPS) is 10.6. The number of halogens is 2. The zero-order chi connectivity index (χ0) is 17.9. The average molecular weight is 349 g/mol. The number of rotatable bonds is 4. The van der Waals surface area contributed by atoms with E-state index in [2.05, 4.69) is 10.6 Å². The standard InChI is InChI=1S/C18H18ClFN2O2/c1-10(2)21-17(23)12-4-7-16(11(3)8-12)22-18(24)14-9-13(19)5-6-15(14)20/h4-10H,1-3H3,(H,21,23)(H,22,24). The summed E-state index contributed by atoms with van der Waals surface area (Å²) in [6, 6.07) is 8.71. The molecule has 2 aromatic carbocycles. The Kier molecular flexibility index (Phi) is 5.57. The molecule has 0 aliphatic heterocycles. The van der Waals surface area contributed by atoms with E-state index in [4.69, 9.17) is 11.6 Å². The van der Waals surface area contributed by atoms with E-state index in [9.17, 15) is 14.0 Å². The molecule has 0 saturated carbocycles. The summed E-state index contributed by atoms with van der Waals surface area (Å²) in [4.78, 5) is 24.2. The van der Waals surface area contributed by atoms with Crippen LogP contribution in [0.3, 0.4) is 0 Å². The molecule has 2 aromatic rings. The van der Waals surface area contributed by atoms with Crippen molar-refractivity contribution in [1.29, 1.82) is 0 Å². The van der Waals surface area contributed by atoms with E-state index in [-0.39, 0.29) is 22.5 Å². The van der Waals surface area contributed by atoms with Crippen LogP contribution in [-0.4, -0.2) is 17.9 Å². The van der Waals surface area contributed by atoms with Crippen LogP contribution in [0.15, 0.2) is 36.4 Å². The predicted molar refractivity (Wildman–Crippen MR) is 93.1 cm³/mol. The first-order valence-corrected chi connectivity index (χ1v) is 7.83. The summed E-state index contributed by atoms with van der Waals surface area (Å²) in [6.07, 6.45) is 0. The van der Waals surface area contributed by atoms with Crippen molar-refractivity contribution in [1.82, 2.24) is 5.32 Å². The number of benzene rings is 2. The zero-order valence-electron chi connectivity index (χ0n) is 13.6. The third-order valence-electron chi connectivity index (χ3n) is 3.33. The lowest BCUT2D eigenvalue weighted by Gasteiger charge is -2.12. The van der Waals surface area contributed by atoms with Gasteiger partial charge in [0, 0.05) is 22.3 Å². The minimum Gasteiger partial charge on any atom is -0.350 e. The molecule has 0 aromatic heterocycles. The second-order valence-corrected chi connectivity index (χ2v) is 6.17. The van der Waals surface area contributed by atoms with Crippen molar-refractivity contribution >= 4 is 29.1 Å². The Morgan fingerprint density at radius 3 is 2.42 bits per heavy atom. The molecular weight excluding hydrogens is 331 g/mol. The van der Waals surface area contributed by atoms with Gasteiger partial charge in [-0.3, -0.25) is 9.59 Å². The van der Waals surface area contributed by atoms with Crippen LogP contribution in [-0.2, 0) is 0 Å². The van der Waals surface area contributed by atoms with Crippen molar-refractivity contribution in [3.05, 3.63) is 63.9 Å². The highest BCUT2D eigenvalue weighted by Crippen LogP contribution is 2.20. The lowest BCUT2D eigenvalue weighted by molar-refractivity contribution is 0.0942. The molecule has 0 heterocycles. The van der Waals surface area contributed by atoms with Crippen molar-refractivity contribution in [2.24, 2.45) is 0 Å². The predicted octanol–water partition coefficient (Wildman–Crippen LogP) is 4.18. The fourth-order valence-electron chi connectivity index (χ4n) is 2.15. The van der Waals surface area contributed by atoms with Gasteiger partial charge >= 0.3 is 0 Å². The first-order valence-electron chi connectivity index (χ1n) is 7.46. The summed E-state index contributed by atoms with van der Waals surface area (Å²) in [7, 11) is 0. The van der Waals surface area contributed by atoms with Crippen LogP contribution < -0.4 is 10.6 Å². The van der Waals surface area contributed by atoms with Crippen LogP contribution in [0.2, 0.25) is 5.02 Å². The van der Waals surface area contributed by atoms with Gasteiger partial charge in [-0.25, -0.2) is 4.39 Å². The molecule has 0 aliphatic rings. The number of amides is 2. The topological polar surface area (TPSA) is 58.2 Å². The minimum absolute atomic E-state index is 0.0305. The summed E-state index contributed by atoms with van der Waals surface area (Å²) in [5.74, 6) is -1.44. The summed E-state index contributed by atoms with van der Waals surface area (Å²) in [5, 5.41) is 5.70. The van der Waals surface area contributed by atoms with Gasteiger partial charge in [-0.15, -0.1) is 0 Å². The molecule has 0 atom stereocenters. The highest BCUT2D eigenvalue weighted by Gasteiger charge is 2.15. The third-order valence-corrected chi connectivity index (χ3v) is 3.56. The molecule has 0 spiro atoms. The molecule has 2 rings (SSSR count). The molecule has 0 fully saturated rings. The molecule has 2 amide bonds. The molecule has 0 bridgehead atoms. The number of anilines is 1. The van der Waals surface area contributed by atoms with E-state index < -0.39 is 11.7 Å². The Hall–Kier alpha value is -2.40. The summed E-state index contributed by atoms with van der Waals surface area (Å²) < 4.78 is 13.7. The summed E-state index contributed by atoms with van der Waals surface area (Å²) in [6.45, 7) is 5.51. The zero-order valence-corrected chi connectivity index (χ0v) is 14.4. The smallest absolute Gasteiger partial charge is 0.258 e. The molecular formula is C18H18ClFN2O2. The molecule has 0 aliphatic carbocycles. The number of hydrogen-bond donors (Lipinski definition) is 2. The van der Waals surface area contributed by atoms with Gasteiger partial charge in [-0.05, 0) is 62.7 Å². The molecule has 4 nitrogen and oxygen atoms in total. The van der Waals surface area contributed by atoms with E-state index >= 15 is 0 Å². The van der Waals surface area contributed by atoms with E-state index in [0.29, 0.717) is 16.8 Å². The van der Waals surface area contributed by atoms with Crippen LogP contribution in [0.5, 0.6) is 0 Å². The highest BCUT2D eigenvalue weighted by molar-refractivity contribution is 6.31. The highest BCUT2D eigenvalue weighted by atomic mass is 35.5. The molecule has 0 radical (unpaired) electrons. The lowest BCUT2D eigenvalue weighted by Crippen LogP contribution is -2.30. The van der Waals surface area contributed by atoms with E-state index in [0.717, 1.165) is 6.07 Å². The quantitative estimate of drug-likeness (QED) is 0.870. The maximum absolute atomic E-state index is 13.7. The molecule has 6 heteroatoms. The van der Waals surface area contributed by atoms with Crippen LogP contribution in [0.1, 0.15) is 40.1 Å². The van der Waals surface area contributed by atoms with Gasteiger partial charge < -0.3 is 10.6 Å². The molecule has 2 N–H and O–H groups in total. The van der Waals surface area contributed by atoms with E-state index in [1.54, 1.807) is 25.1 Å². The Labute approximate surface area is 145 Å². The first-order chi connectivity index (χ1) is 11.3. The molecule has 0 saturated heterocycles. The Morgan fingerprint density at radius 1 is 1.08 bits per heavy atom. The maximum atomic E-state index is 13.7. The van der Waals surface area contributed by atoms with Gasteiger partial charge in [0.1, 0.15) is 5.82 Å². The van der Waals surface area contributed by atoms with Crippen molar-refractivity contribution < 1.29 is 14.0 Å². The molecule has 24 heavy (non-hydrogen) atoms. The van der Waals surface area contributed by atoms with E-state index in [1.165, 1.54) is 12.1 Å². The second kappa shape index (κ2) is 7.45. The minimum atomic E-state index is -0.650. The van der Waals surface area contributed by atoms with Crippen LogP contribution in [0.25, 0.3) is 0 Å². The number of nitrogens with one attached hydrogen (secondary N) is 2. The summed E-state index contributed by atoms with van der Waals surface area (Å²) in [5.41, 5.74) is 1.55. The Bertz CT molecular complexity index is 791. The van der Waals surface area contributed by atoms with Crippen LogP contribution >= 0.6 is 11.6 Å². The maximum Gasteiger partial charge on any atom is 0.258 e. The molecule has 126 valence electrons. The van der Waals surface area contributed by atoms with Crippen LogP contribution in [0, 0.1) is 12.7 Å². The van der Waals surface area contributed by atoms with Gasteiger partial charge in [0.25, 0.3) is 11.8 Å². The molecule has 0 unspecified atom stereocenters. The van der Waals surface area contributed by atoms with Gasteiger partial charge in [0.2, 0.25) is 0 Å². The van der Waals surface area contributed by atoms with Crippen molar-refractivity contribution in [3.8, 4) is 0 Å². The van der Waals surface area contributed by atoms with Crippen molar-refractivity contribution in [2.75, 3.05) is 5.32 Å². The number of aryl methyl sites for hydroxylation is 1.